The molecule has 1 N–H and O–H groups in total. The molecule has 4 heteroatoms. The van der Waals surface area contributed by atoms with Gasteiger partial charge >= 0.3 is 0 Å². The maximum absolute atomic E-state index is 5.19. The van der Waals surface area contributed by atoms with Crippen LogP contribution in [0.25, 0.3) is 0 Å². The molecule has 2 unspecified atom stereocenters. The minimum absolute atomic E-state index is 0.132. The van der Waals surface area contributed by atoms with Crippen molar-refractivity contribution in [1.82, 2.24) is 10.3 Å². The molecule has 0 saturated heterocycles. The van der Waals surface area contributed by atoms with Crippen molar-refractivity contribution in [3.8, 4) is 0 Å². The molecule has 1 saturated carbocycles. The van der Waals surface area contributed by atoms with Gasteiger partial charge in [0.05, 0.1) is 17.8 Å². The molecular formula is C15H24N2OS. The van der Waals surface area contributed by atoms with E-state index in [-0.39, 0.29) is 5.54 Å². The van der Waals surface area contributed by atoms with Crippen molar-refractivity contribution < 1.29 is 4.74 Å². The number of ether oxygens (including phenoxy) is 1. The first-order chi connectivity index (χ1) is 9.23. The molecule has 1 fully saturated rings. The third-order valence-electron chi connectivity index (χ3n) is 4.54. The lowest BCUT2D eigenvalue weighted by Gasteiger charge is -2.29. The molecular weight excluding hydrogens is 256 g/mol. The smallest absolute Gasteiger partial charge is 0.113 e. The van der Waals surface area contributed by atoms with E-state index in [4.69, 9.17) is 9.72 Å². The van der Waals surface area contributed by atoms with Crippen molar-refractivity contribution in [3.05, 3.63) is 15.6 Å². The summed E-state index contributed by atoms with van der Waals surface area (Å²) in [5, 5.41) is 5.10. The van der Waals surface area contributed by atoms with E-state index in [0.29, 0.717) is 0 Å². The summed E-state index contributed by atoms with van der Waals surface area (Å²) in [6, 6.07) is 0. The summed E-state index contributed by atoms with van der Waals surface area (Å²) in [4.78, 5) is 6.52. The van der Waals surface area contributed by atoms with Gasteiger partial charge in [-0.05, 0) is 44.4 Å². The van der Waals surface area contributed by atoms with Crippen LogP contribution in [0, 0.1) is 5.92 Å². The first-order valence-electron chi connectivity index (χ1n) is 7.46. The number of rotatable bonds is 5. The Morgan fingerprint density at radius 1 is 1.47 bits per heavy atom. The third-order valence-corrected chi connectivity index (χ3v) is 5.90. The molecule has 1 aromatic heterocycles. The number of nitrogens with zero attached hydrogens (tertiary/aromatic N) is 1. The van der Waals surface area contributed by atoms with Crippen molar-refractivity contribution in [2.75, 3.05) is 20.3 Å². The standard InChI is InChI=1S/C15H24N2OS/c1-11-6-7-15(10-11,16-8-9-18-2)14-17-12-4-3-5-13(12)19-14/h11,16H,3-10H2,1-2H3. The fourth-order valence-electron chi connectivity index (χ4n) is 3.51. The molecule has 0 spiro atoms. The summed E-state index contributed by atoms with van der Waals surface area (Å²) in [6.45, 7) is 4.07. The van der Waals surface area contributed by atoms with Gasteiger partial charge in [0.25, 0.3) is 0 Å². The molecule has 2 atom stereocenters. The number of thiazole rings is 1. The highest BCUT2D eigenvalue weighted by Gasteiger charge is 2.41. The Bertz CT molecular complexity index is 424. The van der Waals surface area contributed by atoms with E-state index in [1.54, 1.807) is 12.0 Å². The number of fused-ring (bicyclic) bond motifs is 1. The lowest BCUT2D eigenvalue weighted by Crippen LogP contribution is -2.42. The average Bonchev–Trinajstić information content (AvgIpc) is 3.03. The van der Waals surface area contributed by atoms with E-state index in [9.17, 15) is 0 Å². The number of aryl methyl sites for hydroxylation is 2. The van der Waals surface area contributed by atoms with Gasteiger partial charge in [-0.25, -0.2) is 4.98 Å². The minimum Gasteiger partial charge on any atom is -0.383 e. The van der Waals surface area contributed by atoms with Gasteiger partial charge in [-0.3, -0.25) is 0 Å². The number of methoxy groups -OCH3 is 1. The van der Waals surface area contributed by atoms with E-state index in [2.05, 4.69) is 12.2 Å². The molecule has 0 amide bonds. The highest BCUT2D eigenvalue weighted by atomic mass is 32.1. The lowest BCUT2D eigenvalue weighted by atomic mass is 9.97. The monoisotopic (exact) mass is 280 g/mol. The second-order valence-corrected chi connectivity index (χ2v) is 7.18. The lowest BCUT2D eigenvalue weighted by molar-refractivity contribution is 0.182. The maximum atomic E-state index is 5.19. The van der Waals surface area contributed by atoms with Crippen molar-refractivity contribution in [2.24, 2.45) is 5.92 Å². The van der Waals surface area contributed by atoms with Crippen LogP contribution >= 0.6 is 11.3 Å². The summed E-state index contributed by atoms with van der Waals surface area (Å²) in [5.74, 6) is 0.800. The normalized spacial score (nSPS) is 29.9. The first-order valence-corrected chi connectivity index (χ1v) is 8.28. The zero-order valence-electron chi connectivity index (χ0n) is 12.0. The van der Waals surface area contributed by atoms with Crippen molar-refractivity contribution in [2.45, 2.75) is 51.0 Å². The number of nitrogens with one attached hydrogen (secondary N) is 1. The molecule has 106 valence electrons. The zero-order chi connectivity index (χ0) is 13.3. The van der Waals surface area contributed by atoms with E-state index >= 15 is 0 Å². The topological polar surface area (TPSA) is 34.1 Å². The molecule has 1 aromatic rings. The van der Waals surface area contributed by atoms with Crippen molar-refractivity contribution >= 4 is 11.3 Å². The summed E-state index contributed by atoms with van der Waals surface area (Å²) >= 11 is 1.96. The van der Waals surface area contributed by atoms with Gasteiger partial charge in [-0.15, -0.1) is 11.3 Å². The first kappa shape index (κ1) is 13.5. The fraction of sp³-hybridized carbons (Fsp3) is 0.800. The van der Waals surface area contributed by atoms with Crippen LogP contribution in [0.5, 0.6) is 0 Å². The summed E-state index contributed by atoms with van der Waals surface area (Å²) in [6.07, 6.45) is 7.50. The highest BCUT2D eigenvalue weighted by molar-refractivity contribution is 7.12. The summed E-state index contributed by atoms with van der Waals surface area (Å²) in [5.41, 5.74) is 1.51. The van der Waals surface area contributed by atoms with Gasteiger partial charge in [-0.1, -0.05) is 6.92 Å². The highest BCUT2D eigenvalue weighted by Crippen LogP contribution is 2.44. The number of hydrogen-bond acceptors (Lipinski definition) is 4. The Kier molecular flexibility index (Phi) is 3.92. The van der Waals surface area contributed by atoms with Crippen LogP contribution in [-0.2, 0) is 23.1 Å². The molecule has 0 radical (unpaired) electrons. The molecule has 2 aliphatic rings. The van der Waals surface area contributed by atoms with E-state index in [0.717, 1.165) is 19.1 Å². The molecule has 2 aliphatic carbocycles. The largest absolute Gasteiger partial charge is 0.383 e. The van der Waals surface area contributed by atoms with Gasteiger partial charge in [-0.2, -0.15) is 0 Å². The van der Waals surface area contributed by atoms with Crippen LogP contribution in [0.1, 0.15) is 48.2 Å². The van der Waals surface area contributed by atoms with Gasteiger partial charge in [0.1, 0.15) is 5.01 Å². The van der Waals surface area contributed by atoms with E-state index < -0.39 is 0 Å². The van der Waals surface area contributed by atoms with Crippen molar-refractivity contribution in [1.29, 1.82) is 0 Å². The van der Waals surface area contributed by atoms with Gasteiger partial charge in [0.15, 0.2) is 0 Å². The maximum Gasteiger partial charge on any atom is 0.113 e. The van der Waals surface area contributed by atoms with Gasteiger partial charge < -0.3 is 10.1 Å². The Hall–Kier alpha value is -0.450. The van der Waals surface area contributed by atoms with Crippen LogP contribution in [0.4, 0.5) is 0 Å². The minimum atomic E-state index is 0.132. The molecule has 0 aliphatic heterocycles. The SMILES string of the molecule is COCCNC1(c2nc3c(s2)CCC3)CCC(C)C1. The summed E-state index contributed by atoms with van der Waals surface area (Å²) in [7, 11) is 1.77. The predicted molar refractivity (Wildman–Crippen MR) is 78.7 cm³/mol. The Labute approximate surface area is 119 Å². The second-order valence-electron chi connectivity index (χ2n) is 6.09. The third kappa shape index (κ3) is 2.58. The molecule has 0 aromatic carbocycles. The molecule has 19 heavy (non-hydrogen) atoms. The quantitative estimate of drug-likeness (QED) is 0.842. The zero-order valence-corrected chi connectivity index (χ0v) is 12.8. The molecule has 0 bridgehead atoms. The van der Waals surface area contributed by atoms with Crippen LogP contribution in [-0.4, -0.2) is 25.2 Å². The Morgan fingerprint density at radius 2 is 2.37 bits per heavy atom. The van der Waals surface area contributed by atoms with Crippen LogP contribution in [0.3, 0.4) is 0 Å². The van der Waals surface area contributed by atoms with Gasteiger partial charge in [0, 0.05) is 18.5 Å². The average molecular weight is 280 g/mol. The van der Waals surface area contributed by atoms with Crippen LogP contribution < -0.4 is 5.32 Å². The molecule has 1 heterocycles. The number of hydrogen-bond donors (Lipinski definition) is 1. The van der Waals surface area contributed by atoms with Crippen LogP contribution in [0.2, 0.25) is 0 Å². The van der Waals surface area contributed by atoms with Crippen molar-refractivity contribution in [3.63, 3.8) is 0 Å². The second kappa shape index (κ2) is 5.51. The Morgan fingerprint density at radius 3 is 3.05 bits per heavy atom. The summed E-state index contributed by atoms with van der Waals surface area (Å²) < 4.78 is 5.19. The van der Waals surface area contributed by atoms with Crippen LogP contribution in [0.15, 0.2) is 0 Å². The predicted octanol–water partition coefficient (Wildman–Crippen LogP) is 2.88. The Balaban J connectivity index is 1.81. The van der Waals surface area contributed by atoms with E-state index in [1.807, 2.05) is 11.3 Å². The molecule has 3 rings (SSSR count). The number of aromatic nitrogens is 1. The van der Waals surface area contributed by atoms with E-state index in [1.165, 1.54) is 49.2 Å². The fourth-order valence-corrected chi connectivity index (χ4v) is 4.86. The molecule has 3 nitrogen and oxygen atoms in total. The van der Waals surface area contributed by atoms with Gasteiger partial charge in [0.2, 0.25) is 0 Å².